The van der Waals surface area contributed by atoms with Crippen LogP contribution in [0.5, 0.6) is 0 Å². The summed E-state index contributed by atoms with van der Waals surface area (Å²) in [4.78, 5) is 19.4. The fourth-order valence-electron chi connectivity index (χ4n) is 4.66. The van der Waals surface area contributed by atoms with Gasteiger partial charge in [0, 0.05) is 31.9 Å². The third kappa shape index (κ3) is 3.35. The molecule has 2 aromatic rings. The average Bonchev–Trinajstić information content (AvgIpc) is 3.39. The molecule has 1 aliphatic heterocycles. The van der Waals surface area contributed by atoms with E-state index in [9.17, 15) is 13.2 Å². The SMILES string of the molecule is CCS(=O)(=O)N[C@@H]1C[C@H]2CN(C(=O)c3cnn(C)c3C)C[C@@]2(c2nc(C)no2)C1. The number of carbonyl (C=O) groups excluding carboxylic acids is 1. The minimum Gasteiger partial charge on any atom is -0.339 e. The molecule has 0 unspecified atom stereocenters. The van der Waals surface area contributed by atoms with Crippen LogP contribution in [-0.2, 0) is 22.5 Å². The predicted molar refractivity (Wildman–Crippen MR) is 104 cm³/mol. The van der Waals surface area contributed by atoms with Crippen molar-refractivity contribution in [2.75, 3.05) is 18.8 Å². The number of hydrogen-bond acceptors (Lipinski definition) is 7. The van der Waals surface area contributed by atoms with Gasteiger partial charge in [-0.3, -0.25) is 9.48 Å². The molecule has 3 atom stereocenters. The van der Waals surface area contributed by atoms with Gasteiger partial charge in [0.2, 0.25) is 15.9 Å². The van der Waals surface area contributed by atoms with Crippen LogP contribution in [0.1, 0.15) is 47.5 Å². The summed E-state index contributed by atoms with van der Waals surface area (Å²) in [6.45, 7) is 6.16. The van der Waals surface area contributed by atoms with Gasteiger partial charge >= 0.3 is 0 Å². The fraction of sp³-hybridized carbons (Fsp3) is 0.667. The highest BCUT2D eigenvalue weighted by Gasteiger charge is 2.58. The zero-order valence-corrected chi connectivity index (χ0v) is 17.9. The lowest BCUT2D eigenvalue weighted by molar-refractivity contribution is 0.0772. The second-order valence-electron chi connectivity index (χ2n) is 8.11. The largest absolute Gasteiger partial charge is 0.339 e. The molecule has 0 bridgehead atoms. The molecule has 0 aromatic carbocycles. The molecule has 1 N–H and O–H groups in total. The summed E-state index contributed by atoms with van der Waals surface area (Å²) in [5, 5.41) is 8.11. The highest BCUT2D eigenvalue weighted by Crippen LogP contribution is 2.50. The van der Waals surface area contributed by atoms with Crippen molar-refractivity contribution in [2.24, 2.45) is 13.0 Å². The quantitative estimate of drug-likeness (QED) is 0.745. The molecule has 1 saturated carbocycles. The van der Waals surface area contributed by atoms with E-state index in [0.717, 1.165) is 5.69 Å². The maximum atomic E-state index is 13.1. The van der Waals surface area contributed by atoms with Crippen molar-refractivity contribution in [3.05, 3.63) is 29.2 Å². The molecule has 11 heteroatoms. The third-order valence-corrected chi connectivity index (χ3v) is 7.76. The van der Waals surface area contributed by atoms with Crippen LogP contribution in [0.15, 0.2) is 10.7 Å². The van der Waals surface area contributed by atoms with Gasteiger partial charge in [0.05, 0.1) is 22.9 Å². The topological polar surface area (TPSA) is 123 Å². The normalized spacial score (nSPS) is 26.8. The maximum absolute atomic E-state index is 13.1. The van der Waals surface area contributed by atoms with Gasteiger partial charge in [0.15, 0.2) is 5.82 Å². The van der Waals surface area contributed by atoms with Crippen molar-refractivity contribution in [1.29, 1.82) is 0 Å². The number of nitrogens with zero attached hydrogens (tertiary/aromatic N) is 5. The second kappa shape index (κ2) is 6.91. The molecule has 1 amide bonds. The van der Waals surface area contributed by atoms with Gasteiger partial charge in [-0.2, -0.15) is 10.1 Å². The van der Waals surface area contributed by atoms with Crippen LogP contribution in [0.4, 0.5) is 0 Å². The lowest BCUT2D eigenvalue weighted by Crippen LogP contribution is -2.40. The maximum Gasteiger partial charge on any atom is 0.257 e. The van der Waals surface area contributed by atoms with Crippen LogP contribution < -0.4 is 4.72 Å². The molecular formula is C18H26N6O4S. The molecular weight excluding hydrogens is 396 g/mol. The number of carbonyl (C=O) groups is 1. The number of fused-ring (bicyclic) bond motifs is 1. The zero-order chi connectivity index (χ0) is 21.0. The number of aryl methyl sites for hydroxylation is 2. The molecule has 4 rings (SSSR count). The van der Waals surface area contributed by atoms with E-state index in [2.05, 4.69) is 20.0 Å². The Bertz CT molecular complexity index is 1040. The Labute approximate surface area is 169 Å². The van der Waals surface area contributed by atoms with Crippen molar-refractivity contribution in [3.8, 4) is 0 Å². The Balaban J connectivity index is 1.63. The van der Waals surface area contributed by atoms with Crippen molar-refractivity contribution in [1.82, 2.24) is 29.5 Å². The average molecular weight is 423 g/mol. The third-order valence-electron chi connectivity index (χ3n) is 6.31. The second-order valence-corrected chi connectivity index (χ2v) is 10.2. The summed E-state index contributed by atoms with van der Waals surface area (Å²) >= 11 is 0. The summed E-state index contributed by atoms with van der Waals surface area (Å²) in [7, 11) is -1.52. The van der Waals surface area contributed by atoms with Crippen LogP contribution in [0.3, 0.4) is 0 Å². The van der Waals surface area contributed by atoms with Crippen LogP contribution in [-0.4, -0.2) is 64.0 Å². The molecule has 2 aromatic heterocycles. The Morgan fingerprint density at radius 1 is 1.41 bits per heavy atom. The van der Waals surface area contributed by atoms with Crippen molar-refractivity contribution >= 4 is 15.9 Å². The Morgan fingerprint density at radius 2 is 2.17 bits per heavy atom. The highest BCUT2D eigenvalue weighted by molar-refractivity contribution is 7.89. The van der Waals surface area contributed by atoms with Crippen LogP contribution >= 0.6 is 0 Å². The van der Waals surface area contributed by atoms with Crippen molar-refractivity contribution < 1.29 is 17.7 Å². The minimum absolute atomic E-state index is 0.0335. The number of amides is 1. The number of rotatable bonds is 5. The molecule has 2 aliphatic rings. The van der Waals surface area contributed by atoms with Gasteiger partial charge in [-0.1, -0.05) is 5.16 Å². The minimum atomic E-state index is -3.32. The smallest absolute Gasteiger partial charge is 0.257 e. The van der Waals surface area contributed by atoms with Gasteiger partial charge in [-0.15, -0.1) is 0 Å². The van der Waals surface area contributed by atoms with Crippen LogP contribution in [0.25, 0.3) is 0 Å². The molecule has 2 fully saturated rings. The van der Waals surface area contributed by atoms with Gasteiger partial charge in [-0.05, 0) is 39.5 Å². The summed E-state index contributed by atoms with van der Waals surface area (Å²) in [6.07, 6.45) is 2.73. The van der Waals surface area contributed by atoms with E-state index in [-0.39, 0.29) is 23.6 Å². The van der Waals surface area contributed by atoms with E-state index in [0.29, 0.717) is 43.2 Å². The molecule has 0 radical (unpaired) electrons. The molecule has 0 spiro atoms. The van der Waals surface area contributed by atoms with E-state index >= 15 is 0 Å². The summed E-state index contributed by atoms with van der Waals surface area (Å²) in [5.41, 5.74) is 0.837. The summed E-state index contributed by atoms with van der Waals surface area (Å²) in [5.74, 6) is 1.00. The first-order valence-corrected chi connectivity index (χ1v) is 11.4. The number of aromatic nitrogens is 4. The summed E-state index contributed by atoms with van der Waals surface area (Å²) < 4.78 is 34.2. The van der Waals surface area contributed by atoms with Crippen LogP contribution in [0.2, 0.25) is 0 Å². The van der Waals surface area contributed by atoms with E-state index in [4.69, 9.17) is 4.52 Å². The van der Waals surface area contributed by atoms with E-state index in [1.807, 2.05) is 6.92 Å². The first-order valence-electron chi connectivity index (χ1n) is 9.74. The number of sulfonamides is 1. The van der Waals surface area contributed by atoms with E-state index < -0.39 is 15.4 Å². The van der Waals surface area contributed by atoms with Gasteiger partial charge in [0.25, 0.3) is 5.91 Å². The fourth-order valence-corrected chi connectivity index (χ4v) is 5.52. The molecule has 1 aliphatic carbocycles. The van der Waals surface area contributed by atoms with Crippen molar-refractivity contribution in [2.45, 2.75) is 45.1 Å². The van der Waals surface area contributed by atoms with Gasteiger partial charge < -0.3 is 9.42 Å². The van der Waals surface area contributed by atoms with Crippen LogP contribution in [0, 0.1) is 19.8 Å². The van der Waals surface area contributed by atoms with E-state index in [1.165, 1.54) is 0 Å². The lowest BCUT2D eigenvalue weighted by Gasteiger charge is -2.25. The number of hydrogen-bond donors (Lipinski definition) is 1. The first-order chi connectivity index (χ1) is 13.6. The summed E-state index contributed by atoms with van der Waals surface area (Å²) in [6, 6.07) is -0.213. The monoisotopic (exact) mass is 422 g/mol. The highest BCUT2D eigenvalue weighted by atomic mass is 32.2. The van der Waals surface area contributed by atoms with Gasteiger partial charge in [-0.25, -0.2) is 13.1 Å². The molecule has 1 saturated heterocycles. The zero-order valence-electron chi connectivity index (χ0n) is 17.0. The first kappa shape index (κ1) is 20.0. The molecule has 10 nitrogen and oxygen atoms in total. The molecule has 29 heavy (non-hydrogen) atoms. The Hall–Kier alpha value is -2.27. The lowest BCUT2D eigenvalue weighted by atomic mass is 9.80. The van der Waals surface area contributed by atoms with Crippen molar-refractivity contribution in [3.63, 3.8) is 0 Å². The van der Waals surface area contributed by atoms with E-state index in [1.54, 1.807) is 36.7 Å². The Morgan fingerprint density at radius 3 is 2.76 bits per heavy atom. The standard InChI is InChI=1S/C18H26N6O4S/c1-5-29(26,27)22-14-6-13-9-24(16(25)15-8-19-23(4)11(15)2)10-18(13,7-14)17-20-12(3)21-28-17/h8,13-14,22H,5-7,9-10H2,1-4H3/t13-,14+,18-/m0/s1. The molecule has 3 heterocycles. The Kier molecular flexibility index (Phi) is 4.77. The number of nitrogens with one attached hydrogen (secondary N) is 1. The number of likely N-dealkylation sites (tertiary alicyclic amines) is 1. The van der Waals surface area contributed by atoms with Gasteiger partial charge in [0.1, 0.15) is 0 Å². The molecule has 158 valence electrons. The predicted octanol–water partition coefficient (Wildman–Crippen LogP) is 0.532.